The summed E-state index contributed by atoms with van der Waals surface area (Å²) in [6.07, 6.45) is 3.02. The number of aromatic nitrogens is 1. The SMILES string of the molecule is O=[N+]([O-])c1cncc(Br)c1NC1CCS(=O)(=O)C1. The Morgan fingerprint density at radius 3 is 2.78 bits per heavy atom. The van der Waals surface area contributed by atoms with Crippen molar-refractivity contribution >= 4 is 37.1 Å². The van der Waals surface area contributed by atoms with Gasteiger partial charge in [-0.25, -0.2) is 8.42 Å². The van der Waals surface area contributed by atoms with Crippen molar-refractivity contribution in [3.05, 3.63) is 27.0 Å². The number of sulfone groups is 1. The van der Waals surface area contributed by atoms with Crippen LogP contribution < -0.4 is 5.32 Å². The van der Waals surface area contributed by atoms with Gasteiger partial charge in [-0.3, -0.25) is 15.1 Å². The second kappa shape index (κ2) is 4.81. The largest absolute Gasteiger partial charge is 0.375 e. The standard InChI is InChI=1S/C9H10BrN3O4S/c10-7-3-11-4-8(13(14)15)9(7)12-6-1-2-18(16,17)5-6/h3-4,6H,1-2,5H2,(H,11,12). The van der Waals surface area contributed by atoms with Crippen molar-refractivity contribution < 1.29 is 13.3 Å². The van der Waals surface area contributed by atoms with E-state index in [-0.39, 0.29) is 28.9 Å². The second-order valence-electron chi connectivity index (χ2n) is 4.02. The highest BCUT2D eigenvalue weighted by atomic mass is 79.9. The van der Waals surface area contributed by atoms with E-state index in [4.69, 9.17) is 0 Å². The van der Waals surface area contributed by atoms with Crippen LogP contribution >= 0.6 is 15.9 Å². The Kier molecular flexibility index (Phi) is 3.53. The van der Waals surface area contributed by atoms with Crippen molar-refractivity contribution in [2.45, 2.75) is 12.5 Å². The Morgan fingerprint density at radius 2 is 2.22 bits per heavy atom. The Balaban J connectivity index is 2.27. The molecule has 2 rings (SSSR count). The fourth-order valence-electron chi connectivity index (χ4n) is 1.82. The maximum absolute atomic E-state index is 11.3. The van der Waals surface area contributed by atoms with Crippen molar-refractivity contribution in [2.24, 2.45) is 0 Å². The molecule has 1 unspecified atom stereocenters. The lowest BCUT2D eigenvalue weighted by Crippen LogP contribution is -2.21. The van der Waals surface area contributed by atoms with Crippen LogP contribution in [0.25, 0.3) is 0 Å². The summed E-state index contributed by atoms with van der Waals surface area (Å²) in [6, 6.07) is -0.299. The summed E-state index contributed by atoms with van der Waals surface area (Å²) in [6.45, 7) is 0. The number of hydrogen-bond donors (Lipinski definition) is 1. The van der Waals surface area contributed by atoms with E-state index in [1.54, 1.807) is 0 Å². The van der Waals surface area contributed by atoms with Gasteiger partial charge in [0, 0.05) is 12.2 Å². The Hall–Kier alpha value is -1.22. The van der Waals surface area contributed by atoms with Gasteiger partial charge in [0.15, 0.2) is 9.84 Å². The molecule has 0 spiro atoms. The fourth-order valence-corrected chi connectivity index (χ4v) is 3.93. The van der Waals surface area contributed by atoms with E-state index in [0.29, 0.717) is 10.9 Å². The number of nitrogens with one attached hydrogen (secondary N) is 1. The molecule has 1 aromatic heterocycles. The van der Waals surface area contributed by atoms with Crippen LogP contribution in [0.2, 0.25) is 0 Å². The second-order valence-corrected chi connectivity index (χ2v) is 7.10. The Bertz CT molecular complexity index is 589. The van der Waals surface area contributed by atoms with Gasteiger partial charge < -0.3 is 5.32 Å². The molecule has 1 aromatic rings. The monoisotopic (exact) mass is 335 g/mol. The van der Waals surface area contributed by atoms with Crippen LogP contribution in [-0.2, 0) is 9.84 Å². The number of nitrogens with zero attached hydrogens (tertiary/aromatic N) is 2. The molecule has 98 valence electrons. The molecule has 1 atom stereocenters. The van der Waals surface area contributed by atoms with Gasteiger partial charge in [0.1, 0.15) is 11.9 Å². The number of anilines is 1. The third-order valence-corrected chi connectivity index (χ3v) is 5.03. The highest BCUT2D eigenvalue weighted by Crippen LogP contribution is 2.32. The van der Waals surface area contributed by atoms with Crippen molar-refractivity contribution in [3.63, 3.8) is 0 Å². The van der Waals surface area contributed by atoms with E-state index in [2.05, 4.69) is 26.2 Å². The van der Waals surface area contributed by atoms with Gasteiger partial charge >= 0.3 is 5.69 Å². The van der Waals surface area contributed by atoms with Crippen molar-refractivity contribution in [3.8, 4) is 0 Å². The van der Waals surface area contributed by atoms with Crippen molar-refractivity contribution in [1.82, 2.24) is 4.98 Å². The molecule has 1 aliphatic rings. The normalized spacial score (nSPS) is 21.7. The molecule has 0 bridgehead atoms. The summed E-state index contributed by atoms with van der Waals surface area (Å²) in [7, 11) is -3.02. The number of pyridine rings is 1. The topological polar surface area (TPSA) is 102 Å². The maximum Gasteiger partial charge on any atom is 0.311 e. The molecule has 7 nitrogen and oxygen atoms in total. The van der Waals surface area contributed by atoms with E-state index < -0.39 is 14.8 Å². The van der Waals surface area contributed by atoms with Gasteiger partial charge in [-0.1, -0.05) is 0 Å². The van der Waals surface area contributed by atoms with Gasteiger partial charge in [0.05, 0.1) is 20.9 Å². The zero-order valence-electron chi connectivity index (χ0n) is 9.17. The molecule has 1 saturated heterocycles. The highest BCUT2D eigenvalue weighted by molar-refractivity contribution is 9.10. The molecule has 1 N–H and O–H groups in total. The average molecular weight is 336 g/mol. The Labute approximate surface area is 112 Å². The van der Waals surface area contributed by atoms with Crippen molar-refractivity contribution in [2.75, 3.05) is 16.8 Å². The number of nitro groups is 1. The van der Waals surface area contributed by atoms with E-state index in [0.717, 1.165) is 6.20 Å². The van der Waals surface area contributed by atoms with E-state index >= 15 is 0 Å². The first-order valence-corrected chi connectivity index (χ1v) is 7.75. The minimum absolute atomic E-state index is 0.00107. The van der Waals surface area contributed by atoms with Gasteiger partial charge in [0.2, 0.25) is 0 Å². The van der Waals surface area contributed by atoms with Gasteiger partial charge in [0.25, 0.3) is 0 Å². The Morgan fingerprint density at radius 1 is 1.50 bits per heavy atom. The summed E-state index contributed by atoms with van der Waals surface area (Å²) in [5.41, 5.74) is 0.103. The maximum atomic E-state index is 11.3. The van der Waals surface area contributed by atoms with Gasteiger partial charge in [-0.05, 0) is 22.4 Å². The molecule has 0 radical (unpaired) electrons. The lowest BCUT2D eigenvalue weighted by molar-refractivity contribution is -0.384. The molecular formula is C9H10BrN3O4S. The van der Waals surface area contributed by atoms with Crippen LogP contribution in [0.1, 0.15) is 6.42 Å². The van der Waals surface area contributed by atoms with Crippen LogP contribution in [0.5, 0.6) is 0 Å². The average Bonchev–Trinajstić information content (AvgIpc) is 2.61. The molecule has 1 fully saturated rings. The number of rotatable bonds is 3. The predicted octanol–water partition coefficient (Wildman–Crippen LogP) is 1.35. The molecule has 18 heavy (non-hydrogen) atoms. The molecule has 0 amide bonds. The molecular weight excluding hydrogens is 326 g/mol. The molecule has 0 saturated carbocycles. The number of hydrogen-bond acceptors (Lipinski definition) is 6. The van der Waals surface area contributed by atoms with E-state index in [1.165, 1.54) is 6.20 Å². The third-order valence-electron chi connectivity index (χ3n) is 2.66. The summed E-state index contributed by atoms with van der Waals surface area (Å²) in [5, 5.41) is 13.8. The summed E-state index contributed by atoms with van der Waals surface area (Å²) < 4.78 is 23.1. The lowest BCUT2D eigenvalue weighted by Gasteiger charge is -2.13. The first-order chi connectivity index (χ1) is 8.39. The predicted molar refractivity (Wildman–Crippen MR) is 69.3 cm³/mol. The van der Waals surface area contributed by atoms with Crippen LogP contribution in [-0.4, -0.2) is 35.9 Å². The van der Waals surface area contributed by atoms with Crippen LogP contribution in [0, 0.1) is 10.1 Å². The third kappa shape index (κ3) is 2.78. The van der Waals surface area contributed by atoms with Crippen molar-refractivity contribution in [1.29, 1.82) is 0 Å². The molecule has 9 heteroatoms. The smallest absolute Gasteiger partial charge is 0.311 e. The summed E-state index contributed by atoms with van der Waals surface area (Å²) in [4.78, 5) is 14.0. The van der Waals surface area contributed by atoms with Gasteiger partial charge in [-0.2, -0.15) is 0 Å². The first kappa shape index (κ1) is 13.2. The summed E-state index contributed by atoms with van der Waals surface area (Å²) in [5.74, 6) is 0.111. The van der Waals surface area contributed by atoms with Crippen LogP contribution in [0.15, 0.2) is 16.9 Å². The quantitative estimate of drug-likeness (QED) is 0.660. The zero-order chi connectivity index (χ0) is 13.3. The zero-order valence-corrected chi connectivity index (χ0v) is 11.6. The highest BCUT2D eigenvalue weighted by Gasteiger charge is 2.30. The molecule has 2 heterocycles. The minimum atomic E-state index is -3.02. The molecule has 0 aliphatic carbocycles. The molecule has 0 aromatic carbocycles. The lowest BCUT2D eigenvalue weighted by atomic mass is 10.2. The van der Waals surface area contributed by atoms with E-state index in [1.807, 2.05) is 0 Å². The van der Waals surface area contributed by atoms with Crippen LogP contribution in [0.3, 0.4) is 0 Å². The number of halogens is 1. The first-order valence-electron chi connectivity index (χ1n) is 5.14. The minimum Gasteiger partial charge on any atom is -0.375 e. The van der Waals surface area contributed by atoms with Gasteiger partial charge in [-0.15, -0.1) is 0 Å². The summed E-state index contributed by atoms with van der Waals surface area (Å²) >= 11 is 3.17. The fraction of sp³-hybridized carbons (Fsp3) is 0.444. The molecule has 1 aliphatic heterocycles. The van der Waals surface area contributed by atoms with Crippen LogP contribution in [0.4, 0.5) is 11.4 Å². The van der Waals surface area contributed by atoms with E-state index in [9.17, 15) is 18.5 Å².